The number of nitrogens with two attached hydrogens (primary N) is 2. The molecule has 0 radical (unpaired) electrons. The maximum atomic E-state index is 5.91. The number of aryl methyl sites for hydroxylation is 1. The van der Waals surface area contributed by atoms with E-state index < -0.39 is 0 Å². The van der Waals surface area contributed by atoms with E-state index in [2.05, 4.69) is 15.4 Å². The highest BCUT2D eigenvalue weighted by atomic mass is 32.2. The van der Waals surface area contributed by atoms with Crippen LogP contribution in [0.4, 0.5) is 0 Å². The number of hydrogen-bond donors (Lipinski definition) is 2. The molecule has 0 amide bonds. The molecule has 5 heteroatoms. The maximum absolute atomic E-state index is 5.91. The third kappa shape index (κ3) is 1.92. The van der Waals surface area contributed by atoms with Gasteiger partial charge in [-0.15, -0.1) is 9.32 Å². The van der Waals surface area contributed by atoms with Crippen LogP contribution < -0.4 is 11.6 Å². The average Bonchev–Trinajstić information content (AvgIpc) is 2.57. The number of benzene rings is 1. The molecule has 0 aromatic heterocycles. The fraction of sp³-hybridized carbons (Fsp3) is 0.333. The number of fused-ring (bicyclic) bond motifs is 1. The molecular formula is C9H12N2O2S. The van der Waals surface area contributed by atoms with Crippen LogP contribution in [-0.4, -0.2) is 0 Å². The van der Waals surface area contributed by atoms with Crippen molar-refractivity contribution in [3.63, 3.8) is 0 Å². The molecule has 76 valence electrons. The largest absolute Gasteiger partial charge is 0.324 e. The van der Waals surface area contributed by atoms with Crippen molar-refractivity contribution in [1.82, 2.24) is 0 Å². The van der Waals surface area contributed by atoms with E-state index in [1.165, 1.54) is 11.1 Å². The minimum Gasteiger partial charge on any atom is -0.324 e. The Morgan fingerprint density at radius 3 is 3.07 bits per heavy atom. The van der Waals surface area contributed by atoms with Gasteiger partial charge in [-0.2, -0.15) is 5.90 Å². The van der Waals surface area contributed by atoms with Crippen LogP contribution in [-0.2, 0) is 15.7 Å². The molecule has 0 saturated heterocycles. The second kappa shape index (κ2) is 4.29. The molecule has 2 rings (SSSR count). The molecule has 0 saturated carbocycles. The van der Waals surface area contributed by atoms with Crippen LogP contribution in [0.2, 0.25) is 0 Å². The van der Waals surface area contributed by atoms with Crippen molar-refractivity contribution >= 4 is 12.0 Å². The Morgan fingerprint density at radius 1 is 1.43 bits per heavy atom. The predicted octanol–water partition coefficient (Wildman–Crippen LogP) is 1.46. The molecule has 0 spiro atoms. The highest BCUT2D eigenvalue weighted by molar-refractivity contribution is 7.94. The molecule has 14 heavy (non-hydrogen) atoms. The van der Waals surface area contributed by atoms with Crippen molar-refractivity contribution in [2.75, 3.05) is 0 Å². The van der Waals surface area contributed by atoms with Crippen LogP contribution in [0.3, 0.4) is 0 Å². The first-order chi connectivity index (χ1) is 6.81. The summed E-state index contributed by atoms with van der Waals surface area (Å²) in [5, 5.41) is 0. The number of rotatable bonds is 3. The zero-order valence-electron chi connectivity index (χ0n) is 7.60. The first-order valence-electron chi connectivity index (χ1n) is 4.40. The molecule has 4 nitrogen and oxygen atoms in total. The molecule has 1 aliphatic carbocycles. The van der Waals surface area contributed by atoms with Crippen molar-refractivity contribution in [1.29, 1.82) is 0 Å². The molecule has 1 atom stereocenters. The third-order valence-electron chi connectivity index (χ3n) is 2.41. The van der Waals surface area contributed by atoms with E-state index in [-0.39, 0.29) is 6.04 Å². The van der Waals surface area contributed by atoms with Gasteiger partial charge in [0.15, 0.2) is 0 Å². The normalized spacial score (nSPS) is 19.7. The Labute approximate surface area is 86.6 Å². The van der Waals surface area contributed by atoms with E-state index in [0.717, 1.165) is 29.8 Å². The molecule has 4 N–H and O–H groups in total. The van der Waals surface area contributed by atoms with Crippen LogP contribution >= 0.6 is 12.0 Å². The lowest BCUT2D eigenvalue weighted by Crippen LogP contribution is -2.04. The van der Waals surface area contributed by atoms with Gasteiger partial charge in [0, 0.05) is 10.9 Å². The van der Waals surface area contributed by atoms with Gasteiger partial charge in [-0.3, -0.25) is 0 Å². The molecule has 1 aromatic carbocycles. The van der Waals surface area contributed by atoms with Gasteiger partial charge in [0.25, 0.3) is 0 Å². The Hall–Kier alpha value is -0.590. The summed E-state index contributed by atoms with van der Waals surface area (Å²) in [5.41, 5.74) is 8.45. The Bertz CT molecular complexity index is 333. The van der Waals surface area contributed by atoms with E-state index >= 15 is 0 Å². The van der Waals surface area contributed by atoms with Gasteiger partial charge in [-0.1, -0.05) is 6.07 Å². The third-order valence-corrected chi connectivity index (χ3v) is 3.00. The lowest BCUT2D eigenvalue weighted by molar-refractivity contribution is -0.195. The Kier molecular flexibility index (Phi) is 3.05. The van der Waals surface area contributed by atoms with Gasteiger partial charge < -0.3 is 5.73 Å². The molecule has 1 aliphatic rings. The molecule has 0 heterocycles. The van der Waals surface area contributed by atoms with Crippen LogP contribution in [0.5, 0.6) is 0 Å². The van der Waals surface area contributed by atoms with E-state index in [9.17, 15) is 0 Å². The van der Waals surface area contributed by atoms with Crippen LogP contribution in [0.25, 0.3) is 0 Å². The van der Waals surface area contributed by atoms with Gasteiger partial charge >= 0.3 is 0 Å². The van der Waals surface area contributed by atoms with E-state index in [0.29, 0.717) is 0 Å². The lowest BCUT2D eigenvalue weighted by atomic mass is 10.1. The second-order valence-electron chi connectivity index (χ2n) is 3.25. The van der Waals surface area contributed by atoms with Gasteiger partial charge in [0.05, 0.1) is 12.0 Å². The summed E-state index contributed by atoms with van der Waals surface area (Å²) in [6, 6.07) is 6.24. The minimum atomic E-state index is 0.190. The lowest BCUT2D eigenvalue weighted by Gasteiger charge is -2.05. The molecule has 0 aliphatic heterocycles. The van der Waals surface area contributed by atoms with Gasteiger partial charge in [0.2, 0.25) is 0 Å². The second-order valence-corrected chi connectivity index (χ2v) is 4.03. The molecular weight excluding hydrogens is 200 g/mol. The summed E-state index contributed by atoms with van der Waals surface area (Å²) >= 11 is 1.10. The standard InChI is InChI=1S/C9H12N2O2S/c10-9-4-1-6-5-7(14-13-12-11)2-3-8(6)9/h2-3,5,9H,1,4,10-11H2/t9-/m1/s1. The van der Waals surface area contributed by atoms with Crippen molar-refractivity contribution in [3.8, 4) is 0 Å². The zero-order chi connectivity index (χ0) is 9.97. The molecule has 0 fully saturated rings. The van der Waals surface area contributed by atoms with E-state index in [1.807, 2.05) is 12.1 Å². The first-order valence-corrected chi connectivity index (χ1v) is 5.14. The van der Waals surface area contributed by atoms with Crippen LogP contribution in [0.1, 0.15) is 23.6 Å². The predicted molar refractivity (Wildman–Crippen MR) is 53.9 cm³/mol. The smallest absolute Gasteiger partial charge is 0.0702 e. The van der Waals surface area contributed by atoms with Gasteiger partial charge in [-0.05, 0) is 36.1 Å². The fourth-order valence-corrected chi connectivity index (χ4v) is 2.17. The topological polar surface area (TPSA) is 70.5 Å². The zero-order valence-corrected chi connectivity index (χ0v) is 8.42. The minimum absolute atomic E-state index is 0.190. The SMILES string of the molecule is NOOSc1ccc2c(c1)CC[C@H]2N. The summed E-state index contributed by atoms with van der Waals surface area (Å²) in [6.07, 6.45) is 2.06. The van der Waals surface area contributed by atoms with E-state index in [1.54, 1.807) is 0 Å². The van der Waals surface area contributed by atoms with Gasteiger partial charge in [-0.25, -0.2) is 0 Å². The van der Waals surface area contributed by atoms with Gasteiger partial charge in [0.1, 0.15) is 0 Å². The first kappa shape index (κ1) is 9.95. The molecule has 1 aromatic rings. The summed E-state index contributed by atoms with van der Waals surface area (Å²) in [5.74, 6) is 4.75. The van der Waals surface area contributed by atoms with Crippen molar-refractivity contribution in [3.05, 3.63) is 29.3 Å². The summed E-state index contributed by atoms with van der Waals surface area (Å²) < 4.78 is 4.57. The molecule has 0 unspecified atom stereocenters. The van der Waals surface area contributed by atoms with E-state index in [4.69, 9.17) is 11.6 Å². The Balaban J connectivity index is 2.15. The Morgan fingerprint density at radius 2 is 2.29 bits per heavy atom. The van der Waals surface area contributed by atoms with Crippen LogP contribution in [0, 0.1) is 0 Å². The summed E-state index contributed by atoms with van der Waals surface area (Å²) in [4.78, 5) is 5.00. The summed E-state index contributed by atoms with van der Waals surface area (Å²) in [6.45, 7) is 0. The van der Waals surface area contributed by atoms with Crippen molar-refractivity contribution < 1.29 is 9.32 Å². The van der Waals surface area contributed by atoms with Crippen LogP contribution in [0.15, 0.2) is 23.1 Å². The highest BCUT2D eigenvalue weighted by Gasteiger charge is 2.18. The average molecular weight is 212 g/mol. The fourth-order valence-electron chi connectivity index (χ4n) is 1.74. The number of hydrogen-bond acceptors (Lipinski definition) is 5. The summed E-state index contributed by atoms with van der Waals surface area (Å²) in [7, 11) is 0. The quantitative estimate of drug-likeness (QED) is 0.451. The highest BCUT2D eigenvalue weighted by Crippen LogP contribution is 2.32. The van der Waals surface area contributed by atoms with Crippen molar-refractivity contribution in [2.24, 2.45) is 11.6 Å². The van der Waals surface area contributed by atoms with Crippen molar-refractivity contribution in [2.45, 2.75) is 23.8 Å². The monoisotopic (exact) mass is 212 g/mol. The molecule has 0 bridgehead atoms. The maximum Gasteiger partial charge on any atom is 0.0702 e.